The van der Waals surface area contributed by atoms with Gasteiger partial charge < -0.3 is 31.1 Å². The fourth-order valence-corrected chi connectivity index (χ4v) is 8.22. The maximum Gasteiger partial charge on any atom is 0.339 e. The third-order valence-electron chi connectivity index (χ3n) is 11.0. The van der Waals surface area contributed by atoms with Gasteiger partial charge in [-0.3, -0.25) is 33.6 Å². The van der Waals surface area contributed by atoms with Gasteiger partial charge in [-0.2, -0.15) is 0 Å². The third-order valence-corrected chi connectivity index (χ3v) is 11.0. The second kappa shape index (κ2) is 21.0. The molecule has 14 nitrogen and oxygen atoms in total. The number of carbonyl (C=O) groups excluding carboxylic acids is 7. The number of halogens is 4. The summed E-state index contributed by atoms with van der Waals surface area (Å²) in [5.41, 5.74) is 1.68. The van der Waals surface area contributed by atoms with Crippen molar-refractivity contribution < 1.29 is 65.8 Å². The van der Waals surface area contributed by atoms with Crippen LogP contribution in [0.15, 0.2) is 30.3 Å². The van der Waals surface area contributed by atoms with E-state index in [0.29, 0.717) is 31.2 Å². The molecule has 0 spiro atoms. The predicted molar refractivity (Wildman–Crippen MR) is 214 cm³/mol. The van der Waals surface area contributed by atoms with Crippen LogP contribution >= 0.6 is 0 Å². The minimum Gasteiger partial charge on any atom is -0.478 e. The number of nitrogens with one attached hydrogen (secondary N) is 2. The van der Waals surface area contributed by atoms with E-state index in [1.807, 2.05) is 0 Å². The predicted octanol–water partition coefficient (Wildman–Crippen LogP) is 5.29. The number of Topliss-reactive ketones (excluding diaryl/α,β-unsaturated/α-hetero) is 3. The molecule has 2 fully saturated rings. The maximum atomic E-state index is 15.1. The molecule has 1 unspecified atom stereocenters. The highest BCUT2D eigenvalue weighted by atomic mass is 19.2. The number of ether oxygens (including phenoxy) is 1. The van der Waals surface area contributed by atoms with E-state index in [1.165, 1.54) is 0 Å². The molecule has 0 bridgehead atoms. The van der Waals surface area contributed by atoms with Crippen molar-refractivity contribution >= 4 is 46.9 Å². The van der Waals surface area contributed by atoms with Crippen LogP contribution < -0.4 is 16.4 Å². The minimum absolute atomic E-state index is 0.0709. The molecular formula is C44H54F4N4O10. The molecule has 1 saturated carbocycles. The molecule has 1 aliphatic heterocycles. The van der Waals surface area contributed by atoms with E-state index in [4.69, 9.17) is 10.5 Å². The summed E-state index contributed by atoms with van der Waals surface area (Å²) in [4.78, 5) is 108. The molecule has 5 atom stereocenters. The molecule has 1 heterocycles. The first-order valence-corrected chi connectivity index (χ1v) is 20.6. The zero-order chi connectivity index (χ0) is 46.2. The lowest BCUT2D eigenvalue weighted by Crippen LogP contribution is -2.55. The Morgan fingerprint density at radius 1 is 0.855 bits per heavy atom. The number of carboxylic acids is 1. The maximum absolute atomic E-state index is 15.1. The number of carbonyl (C=O) groups is 8. The average molecular weight is 875 g/mol. The van der Waals surface area contributed by atoms with Crippen LogP contribution in [-0.2, 0) is 33.5 Å². The lowest BCUT2D eigenvalue weighted by atomic mass is 9.82. The fraction of sp³-hybridized carbons (Fsp3) is 0.545. The van der Waals surface area contributed by atoms with Crippen molar-refractivity contribution in [3.8, 4) is 0 Å². The number of primary amides is 1. The first-order valence-electron chi connectivity index (χ1n) is 20.6. The van der Waals surface area contributed by atoms with E-state index in [2.05, 4.69) is 10.6 Å². The molecule has 338 valence electrons. The summed E-state index contributed by atoms with van der Waals surface area (Å²) in [7, 11) is 0. The van der Waals surface area contributed by atoms with E-state index in [0.717, 1.165) is 11.3 Å². The summed E-state index contributed by atoms with van der Waals surface area (Å²) in [6.45, 7) is 8.56. The molecule has 5 N–H and O–H groups in total. The van der Waals surface area contributed by atoms with Crippen LogP contribution in [0, 0.1) is 41.0 Å². The van der Waals surface area contributed by atoms with Gasteiger partial charge >= 0.3 is 5.97 Å². The van der Waals surface area contributed by atoms with Crippen molar-refractivity contribution in [2.75, 3.05) is 6.54 Å². The Labute approximate surface area is 356 Å². The number of aromatic carboxylic acids is 1. The Balaban J connectivity index is 1.60. The van der Waals surface area contributed by atoms with Crippen LogP contribution in [-0.4, -0.2) is 87.3 Å². The lowest BCUT2D eigenvalue weighted by Gasteiger charge is -2.35. The monoisotopic (exact) mass is 874 g/mol. The van der Waals surface area contributed by atoms with Gasteiger partial charge in [0.05, 0.1) is 23.3 Å². The molecule has 0 aromatic heterocycles. The molecule has 2 aromatic rings. The van der Waals surface area contributed by atoms with Crippen molar-refractivity contribution in [1.82, 2.24) is 15.5 Å². The largest absolute Gasteiger partial charge is 0.478 e. The van der Waals surface area contributed by atoms with Gasteiger partial charge in [0.25, 0.3) is 5.91 Å². The van der Waals surface area contributed by atoms with Gasteiger partial charge in [-0.25, -0.2) is 22.4 Å². The van der Waals surface area contributed by atoms with E-state index in [1.54, 1.807) is 65.0 Å². The van der Waals surface area contributed by atoms with Gasteiger partial charge in [0, 0.05) is 38.1 Å². The van der Waals surface area contributed by atoms with E-state index in [-0.39, 0.29) is 25.3 Å². The van der Waals surface area contributed by atoms with Crippen molar-refractivity contribution in [2.24, 2.45) is 23.5 Å². The van der Waals surface area contributed by atoms with Gasteiger partial charge in [-0.1, -0.05) is 63.4 Å². The van der Waals surface area contributed by atoms with Gasteiger partial charge in [0.15, 0.2) is 34.8 Å². The third kappa shape index (κ3) is 12.3. The zero-order valence-electron chi connectivity index (χ0n) is 35.4. The van der Waals surface area contributed by atoms with Crippen LogP contribution in [0.3, 0.4) is 0 Å². The topological polar surface area (TPSA) is 219 Å². The fourth-order valence-electron chi connectivity index (χ4n) is 8.22. The summed E-state index contributed by atoms with van der Waals surface area (Å²) in [5, 5.41) is 14.3. The Morgan fingerprint density at radius 2 is 1.45 bits per heavy atom. The van der Waals surface area contributed by atoms with Crippen molar-refractivity contribution in [3.63, 3.8) is 0 Å². The van der Waals surface area contributed by atoms with Gasteiger partial charge in [0.2, 0.25) is 23.5 Å². The van der Waals surface area contributed by atoms with E-state index < -0.39 is 142 Å². The SMILES string of the molecule is CC(C)CC(CC(=O)[C@@H]1C[C@@H](OC(C)(C)C)CN1C(=O)[C@@H](NC(=O)c1c(F)c(F)c(F)c(F)c1C(=O)O)C1CCCCC1)C(=O)C(=O)CCC(=O)N[C@H](C(N)=O)c1ccccc1. The molecule has 4 amide bonds. The average Bonchev–Trinajstić information content (AvgIpc) is 3.63. The first-order chi connectivity index (χ1) is 29.0. The molecule has 2 aliphatic rings. The number of hydrogen-bond acceptors (Lipinski definition) is 9. The Hall–Kier alpha value is -5.52. The number of rotatable bonds is 19. The molecule has 1 saturated heterocycles. The summed E-state index contributed by atoms with van der Waals surface area (Å²) < 4.78 is 64.4. The van der Waals surface area contributed by atoms with E-state index >= 15 is 4.39 Å². The molecule has 2 aromatic carbocycles. The highest BCUT2D eigenvalue weighted by molar-refractivity contribution is 6.38. The van der Waals surface area contributed by atoms with Gasteiger partial charge in [-0.15, -0.1) is 0 Å². The van der Waals surface area contributed by atoms with E-state index in [9.17, 15) is 56.6 Å². The summed E-state index contributed by atoms with van der Waals surface area (Å²) in [6.07, 6.45) is 0.343. The molecule has 0 radical (unpaired) electrons. The number of nitrogens with zero attached hydrogens (tertiary/aromatic N) is 1. The number of nitrogens with two attached hydrogens (primary N) is 1. The molecule has 62 heavy (non-hydrogen) atoms. The van der Waals surface area contributed by atoms with Crippen molar-refractivity contribution in [3.05, 3.63) is 70.3 Å². The lowest BCUT2D eigenvalue weighted by molar-refractivity contribution is -0.143. The highest BCUT2D eigenvalue weighted by Gasteiger charge is 2.46. The standard InChI is InChI=1S/C44H54F4N4O10/c1-22(2)18-25(39(56)28(53)16-17-30(55)50-37(40(49)57)23-12-8-6-9-13-23)19-29(54)27-20-26(62-44(3,4)5)21-52(27)42(59)38(24-14-10-7-11-15-24)51-41(58)31-32(43(60)61)34(46)36(48)35(47)33(31)45/h6,8-9,12-13,22,24-27,37-38H,7,10-11,14-21H2,1-5H3,(H2,49,57)(H,50,55)(H,51,58)(H,60,61)/t25?,26-,27+,37+,38+/m1/s1. The van der Waals surface area contributed by atoms with Crippen LogP contribution in [0.1, 0.15) is 131 Å². The summed E-state index contributed by atoms with van der Waals surface area (Å²) in [5.74, 6) is -20.4. The first kappa shape index (κ1) is 49.1. The van der Waals surface area contributed by atoms with Crippen molar-refractivity contribution in [1.29, 1.82) is 0 Å². The van der Waals surface area contributed by atoms with Crippen LogP contribution in [0.25, 0.3) is 0 Å². The van der Waals surface area contributed by atoms with Crippen molar-refractivity contribution in [2.45, 2.75) is 129 Å². The zero-order valence-corrected chi connectivity index (χ0v) is 35.4. The normalized spacial score (nSPS) is 18.5. The second-order valence-corrected chi connectivity index (χ2v) is 17.4. The Morgan fingerprint density at radius 3 is 2.00 bits per heavy atom. The summed E-state index contributed by atoms with van der Waals surface area (Å²) in [6, 6.07) is 4.10. The number of carboxylic acid groups (broad SMARTS) is 1. The van der Waals surface area contributed by atoms with Crippen LogP contribution in [0.4, 0.5) is 17.6 Å². The molecule has 1 aliphatic carbocycles. The highest BCUT2D eigenvalue weighted by Crippen LogP contribution is 2.33. The number of amides is 4. The Bertz CT molecular complexity index is 2050. The van der Waals surface area contributed by atoms with Crippen LogP contribution in [0.5, 0.6) is 0 Å². The number of benzene rings is 2. The van der Waals surface area contributed by atoms with Crippen LogP contribution in [0.2, 0.25) is 0 Å². The quantitative estimate of drug-likeness (QED) is 0.0619. The molecule has 18 heteroatoms. The smallest absolute Gasteiger partial charge is 0.339 e. The minimum atomic E-state index is -2.45. The Kier molecular flexibility index (Phi) is 16.7. The summed E-state index contributed by atoms with van der Waals surface area (Å²) >= 11 is 0. The van der Waals surface area contributed by atoms with Gasteiger partial charge in [-0.05, 0) is 57.4 Å². The molecular weight excluding hydrogens is 820 g/mol. The van der Waals surface area contributed by atoms with Gasteiger partial charge in [0.1, 0.15) is 17.6 Å². The number of likely N-dealkylation sites (tertiary alicyclic amines) is 1. The number of ketones is 3. The second-order valence-electron chi connectivity index (χ2n) is 17.4. The number of hydrogen-bond donors (Lipinski definition) is 4. The molecule has 4 rings (SSSR count).